The average Bonchev–Trinajstić information content (AvgIpc) is 3.12. The molecule has 0 unspecified atom stereocenters. The highest BCUT2D eigenvalue weighted by molar-refractivity contribution is 6.15. The Hall–Kier alpha value is -3.03. The van der Waals surface area contributed by atoms with Gasteiger partial charge in [-0.2, -0.15) is 4.68 Å². The number of tetrazole rings is 1. The molecule has 1 aromatic heterocycles. The van der Waals surface area contributed by atoms with Gasteiger partial charge in [0.15, 0.2) is 18.1 Å². The minimum absolute atomic E-state index is 0.140. The number of ether oxygens (including phenoxy) is 1. The number of carbonyl (C=O) groups excluding carboxylic acids is 2. The van der Waals surface area contributed by atoms with Crippen LogP contribution in [0.4, 0.5) is 0 Å². The molecule has 0 aliphatic heterocycles. The van der Waals surface area contributed by atoms with Gasteiger partial charge in [0.2, 0.25) is 0 Å². The fourth-order valence-electron chi connectivity index (χ4n) is 3.35. The van der Waals surface area contributed by atoms with Crippen molar-refractivity contribution < 1.29 is 14.3 Å². The van der Waals surface area contributed by atoms with Gasteiger partial charge < -0.3 is 10.1 Å². The summed E-state index contributed by atoms with van der Waals surface area (Å²) in [4.78, 5) is 24.9. The summed E-state index contributed by atoms with van der Waals surface area (Å²) in [6.45, 7) is 3.48. The number of nitrogens with zero attached hydrogens (tertiary/aromatic N) is 4. The zero-order valence-corrected chi connectivity index (χ0v) is 16.2. The van der Waals surface area contributed by atoms with Crippen molar-refractivity contribution in [3.05, 3.63) is 41.7 Å². The van der Waals surface area contributed by atoms with Crippen LogP contribution in [0.15, 0.2) is 30.3 Å². The van der Waals surface area contributed by atoms with Gasteiger partial charge in [0, 0.05) is 6.04 Å². The lowest BCUT2D eigenvalue weighted by atomic mass is 9.86. The van der Waals surface area contributed by atoms with Gasteiger partial charge in [-0.05, 0) is 47.7 Å². The van der Waals surface area contributed by atoms with Gasteiger partial charge in [0.25, 0.3) is 5.91 Å². The quantitative estimate of drug-likeness (QED) is 0.607. The summed E-state index contributed by atoms with van der Waals surface area (Å²) in [6, 6.07) is 9.45. The number of hydrogen-bond donors (Lipinski definition) is 1. The number of hydrogen-bond acceptors (Lipinski definition) is 6. The molecule has 1 aromatic carbocycles. The number of carbonyl (C=O) groups is 2. The highest BCUT2D eigenvalue weighted by Crippen LogP contribution is 2.23. The van der Waals surface area contributed by atoms with Gasteiger partial charge in [-0.15, -0.1) is 5.10 Å². The molecule has 1 heterocycles. The third kappa shape index (κ3) is 5.03. The first-order valence-electron chi connectivity index (χ1n) is 9.53. The molecule has 8 heteroatoms. The predicted octanol–water partition coefficient (Wildman–Crippen LogP) is 2.22. The van der Waals surface area contributed by atoms with Gasteiger partial charge in [-0.25, -0.2) is 4.79 Å². The minimum Gasteiger partial charge on any atom is -0.451 e. The topological polar surface area (TPSA) is 99.0 Å². The summed E-state index contributed by atoms with van der Waals surface area (Å²) in [7, 11) is 0. The van der Waals surface area contributed by atoms with E-state index < -0.39 is 5.97 Å². The van der Waals surface area contributed by atoms with E-state index in [-0.39, 0.29) is 24.3 Å². The summed E-state index contributed by atoms with van der Waals surface area (Å²) in [5.74, 6) is -0.0730. The fraction of sp³-hybridized carbons (Fsp3) is 0.450. The first-order chi connectivity index (χ1) is 13.5. The molecular formula is C20H25N5O3. The molecule has 1 N–H and O–H groups in total. The van der Waals surface area contributed by atoms with Crippen molar-refractivity contribution in [2.75, 3.05) is 6.61 Å². The van der Waals surface area contributed by atoms with Gasteiger partial charge in [-0.1, -0.05) is 50.1 Å². The summed E-state index contributed by atoms with van der Waals surface area (Å²) in [5.41, 5.74) is 0.942. The molecule has 8 nitrogen and oxygen atoms in total. The van der Waals surface area contributed by atoms with E-state index in [1.54, 1.807) is 13.0 Å². The molecule has 0 bridgehead atoms. The Morgan fingerprint density at radius 2 is 2.00 bits per heavy atom. The maximum Gasteiger partial charge on any atom is 0.357 e. The maximum absolute atomic E-state index is 12.7. The predicted molar refractivity (Wildman–Crippen MR) is 104 cm³/mol. The molecule has 3 rings (SSSR count). The minimum atomic E-state index is -0.661. The van der Waals surface area contributed by atoms with Crippen molar-refractivity contribution in [1.29, 1.82) is 0 Å². The second-order valence-corrected chi connectivity index (χ2v) is 7.09. The summed E-state index contributed by atoms with van der Waals surface area (Å²) in [6.07, 6.45) is 6.00. The van der Waals surface area contributed by atoms with E-state index in [1.807, 2.05) is 30.3 Å². The second kappa shape index (κ2) is 9.25. The molecule has 0 spiro atoms. The summed E-state index contributed by atoms with van der Waals surface area (Å²) >= 11 is 0. The number of rotatable bonds is 6. The Morgan fingerprint density at radius 3 is 2.68 bits per heavy atom. The van der Waals surface area contributed by atoms with Crippen LogP contribution < -0.4 is 5.32 Å². The van der Waals surface area contributed by atoms with Gasteiger partial charge >= 0.3 is 5.97 Å². The molecule has 2 atom stereocenters. The monoisotopic (exact) mass is 383 g/mol. The average molecular weight is 383 g/mol. The molecule has 0 saturated heterocycles. The number of benzene rings is 1. The Kier molecular flexibility index (Phi) is 6.52. The Bertz CT molecular complexity index is 847. The van der Waals surface area contributed by atoms with E-state index in [2.05, 4.69) is 27.8 Å². The second-order valence-electron chi connectivity index (χ2n) is 7.09. The smallest absolute Gasteiger partial charge is 0.357 e. The first-order valence-corrected chi connectivity index (χ1v) is 9.53. The van der Waals surface area contributed by atoms with Crippen LogP contribution in [0.1, 0.15) is 44.0 Å². The van der Waals surface area contributed by atoms with Crippen molar-refractivity contribution in [3.63, 3.8) is 0 Å². The van der Waals surface area contributed by atoms with Crippen LogP contribution >= 0.6 is 0 Å². The van der Waals surface area contributed by atoms with Crippen LogP contribution in [-0.4, -0.2) is 44.7 Å². The zero-order valence-electron chi connectivity index (χ0n) is 16.2. The number of esters is 1. The fourth-order valence-corrected chi connectivity index (χ4v) is 3.35. The van der Waals surface area contributed by atoms with E-state index in [1.165, 1.54) is 11.1 Å². The van der Waals surface area contributed by atoms with E-state index >= 15 is 0 Å². The van der Waals surface area contributed by atoms with Crippen molar-refractivity contribution in [1.82, 2.24) is 25.5 Å². The van der Waals surface area contributed by atoms with E-state index in [0.29, 0.717) is 11.7 Å². The maximum atomic E-state index is 12.7. The number of aromatic nitrogens is 4. The van der Waals surface area contributed by atoms with Crippen LogP contribution in [0.5, 0.6) is 0 Å². The Balaban J connectivity index is 1.67. The molecule has 28 heavy (non-hydrogen) atoms. The molecule has 1 amide bonds. The van der Waals surface area contributed by atoms with Gasteiger partial charge in [0.05, 0.1) is 0 Å². The lowest BCUT2D eigenvalue weighted by molar-refractivity contribution is -0.143. The molecule has 148 valence electrons. The molecule has 1 aliphatic carbocycles. The Morgan fingerprint density at radius 1 is 1.25 bits per heavy atom. The highest BCUT2D eigenvalue weighted by atomic mass is 16.5. The number of aryl methyl sites for hydroxylation is 1. The molecular weight excluding hydrogens is 358 g/mol. The van der Waals surface area contributed by atoms with Crippen molar-refractivity contribution in [2.45, 2.75) is 45.6 Å². The van der Waals surface area contributed by atoms with Crippen LogP contribution in [0.3, 0.4) is 0 Å². The van der Waals surface area contributed by atoms with Crippen molar-refractivity contribution in [3.8, 4) is 0 Å². The molecule has 0 radical (unpaired) electrons. The van der Waals surface area contributed by atoms with E-state index in [9.17, 15) is 9.59 Å². The molecule has 1 fully saturated rings. The molecule has 1 aliphatic rings. The lowest BCUT2D eigenvalue weighted by Gasteiger charge is -2.29. The van der Waals surface area contributed by atoms with Crippen LogP contribution in [0.2, 0.25) is 0 Å². The highest BCUT2D eigenvalue weighted by Gasteiger charge is 2.24. The normalized spacial score (nSPS) is 19.9. The largest absolute Gasteiger partial charge is 0.451 e. The van der Waals surface area contributed by atoms with Crippen molar-refractivity contribution >= 4 is 23.6 Å². The number of amides is 1. The van der Waals surface area contributed by atoms with Gasteiger partial charge in [0.1, 0.15) is 0 Å². The third-order valence-corrected chi connectivity index (χ3v) is 4.96. The van der Waals surface area contributed by atoms with E-state index in [0.717, 1.165) is 24.8 Å². The standard InChI is InChI=1S/C20H25N5O3/c1-14-8-6-7-11-17(14)21-19(26)13-28-20(27)18(25-15(2)22-23-24-25)12-16-9-4-3-5-10-16/h3-5,9-10,12,14,17H,6-8,11,13H2,1-2H3,(H,21,26)/b18-12-/t14-,17-/m1/s1. The third-order valence-electron chi connectivity index (χ3n) is 4.96. The molecule has 1 saturated carbocycles. The van der Waals surface area contributed by atoms with Crippen LogP contribution in [-0.2, 0) is 14.3 Å². The Labute approximate surface area is 164 Å². The van der Waals surface area contributed by atoms with Crippen LogP contribution in [0, 0.1) is 12.8 Å². The van der Waals surface area contributed by atoms with Gasteiger partial charge in [-0.3, -0.25) is 4.79 Å². The van der Waals surface area contributed by atoms with E-state index in [4.69, 9.17) is 4.74 Å². The van der Waals surface area contributed by atoms with Crippen molar-refractivity contribution in [2.24, 2.45) is 5.92 Å². The summed E-state index contributed by atoms with van der Waals surface area (Å²) < 4.78 is 6.56. The number of nitrogens with one attached hydrogen (secondary N) is 1. The first kappa shape index (κ1) is 19.7. The molecule has 2 aromatic rings. The lowest BCUT2D eigenvalue weighted by Crippen LogP contribution is -2.43. The zero-order chi connectivity index (χ0) is 19.9. The SMILES string of the molecule is Cc1nnnn1/C(=C\c1ccccc1)C(=O)OCC(=O)N[C@@H]1CCCC[C@H]1C. The summed E-state index contributed by atoms with van der Waals surface area (Å²) in [5, 5.41) is 14.2. The van der Waals surface area contributed by atoms with Crippen LogP contribution in [0.25, 0.3) is 11.8 Å².